The van der Waals surface area contributed by atoms with E-state index in [-0.39, 0.29) is 0 Å². The van der Waals surface area contributed by atoms with E-state index in [4.69, 9.17) is 0 Å². The molecule has 0 aromatic carbocycles. The van der Waals surface area contributed by atoms with Gasteiger partial charge >= 0.3 is 0 Å². The van der Waals surface area contributed by atoms with Crippen molar-refractivity contribution in [3.05, 3.63) is 0 Å². The highest BCUT2D eigenvalue weighted by Gasteiger charge is 2.30. The minimum Gasteiger partial charge on any atom is -0.373 e. The molecule has 16 heavy (non-hydrogen) atoms. The number of rotatable bonds is 9. The molecule has 0 unspecified atom stereocenters. The molecule has 0 aliphatic rings. The lowest BCUT2D eigenvalue weighted by atomic mass is 10.4. The molecule has 0 spiro atoms. The van der Waals surface area contributed by atoms with Crippen molar-refractivity contribution in [2.75, 3.05) is 39.8 Å². The van der Waals surface area contributed by atoms with Crippen molar-refractivity contribution in [2.45, 2.75) is 11.8 Å². The standard InChI is InChI=1S/C8H12F6O2/c9-3-7(11,12)5-15-1-2-16-6-8(13,14)4-10/h1-6H2. The first kappa shape index (κ1) is 15.5. The number of halogens is 6. The highest BCUT2D eigenvalue weighted by molar-refractivity contribution is 4.63. The minimum absolute atomic E-state index is 0.391. The molecule has 0 fully saturated rings. The van der Waals surface area contributed by atoms with Gasteiger partial charge in [-0.15, -0.1) is 0 Å². The van der Waals surface area contributed by atoms with Crippen LogP contribution in [0.25, 0.3) is 0 Å². The van der Waals surface area contributed by atoms with Crippen LogP contribution in [0.15, 0.2) is 0 Å². The van der Waals surface area contributed by atoms with Crippen LogP contribution in [-0.4, -0.2) is 51.6 Å². The zero-order valence-corrected chi connectivity index (χ0v) is 8.33. The fourth-order valence-corrected chi connectivity index (χ4v) is 0.638. The normalized spacial score (nSPS) is 13.1. The van der Waals surface area contributed by atoms with Crippen molar-refractivity contribution >= 4 is 0 Å². The number of hydrogen-bond donors (Lipinski definition) is 0. The Morgan fingerprint density at radius 1 is 0.688 bits per heavy atom. The van der Waals surface area contributed by atoms with E-state index in [1.54, 1.807) is 0 Å². The molecule has 0 radical (unpaired) electrons. The molecule has 8 heteroatoms. The topological polar surface area (TPSA) is 18.5 Å². The van der Waals surface area contributed by atoms with Gasteiger partial charge in [-0.3, -0.25) is 0 Å². The molecule has 2 nitrogen and oxygen atoms in total. The van der Waals surface area contributed by atoms with Gasteiger partial charge in [0.2, 0.25) is 0 Å². The third-order valence-corrected chi connectivity index (χ3v) is 1.39. The second kappa shape index (κ2) is 6.95. The zero-order chi connectivity index (χ0) is 12.7. The van der Waals surface area contributed by atoms with Crippen molar-refractivity contribution in [1.82, 2.24) is 0 Å². The molecule has 0 N–H and O–H groups in total. The first-order chi connectivity index (χ1) is 7.33. The second-order valence-electron chi connectivity index (χ2n) is 3.08. The summed E-state index contributed by atoms with van der Waals surface area (Å²) < 4.78 is 80.4. The summed E-state index contributed by atoms with van der Waals surface area (Å²) in [6.07, 6.45) is 0. The second-order valence-corrected chi connectivity index (χ2v) is 3.08. The van der Waals surface area contributed by atoms with Crippen molar-refractivity contribution in [3.8, 4) is 0 Å². The Labute approximate surface area is 88.5 Å². The minimum atomic E-state index is -3.58. The summed E-state index contributed by atoms with van der Waals surface area (Å²) in [6, 6.07) is 0. The molecular weight excluding hydrogens is 242 g/mol. The summed E-state index contributed by atoms with van der Waals surface area (Å²) in [5.74, 6) is -7.16. The molecule has 0 aliphatic heterocycles. The zero-order valence-electron chi connectivity index (χ0n) is 8.33. The van der Waals surface area contributed by atoms with E-state index in [9.17, 15) is 26.3 Å². The largest absolute Gasteiger partial charge is 0.373 e. The van der Waals surface area contributed by atoms with E-state index in [1.807, 2.05) is 0 Å². The summed E-state index contributed by atoms with van der Waals surface area (Å²) in [4.78, 5) is 0. The Morgan fingerprint density at radius 3 is 1.25 bits per heavy atom. The van der Waals surface area contributed by atoms with Gasteiger partial charge in [0.15, 0.2) is 13.3 Å². The molecule has 0 heterocycles. The molecule has 98 valence electrons. The van der Waals surface area contributed by atoms with Crippen LogP contribution in [0.5, 0.6) is 0 Å². The molecule has 0 bridgehead atoms. The van der Waals surface area contributed by atoms with Crippen LogP contribution >= 0.6 is 0 Å². The molecule has 0 saturated carbocycles. The Morgan fingerprint density at radius 2 is 1.00 bits per heavy atom. The summed E-state index contributed by atoms with van der Waals surface area (Å²) in [7, 11) is 0. The van der Waals surface area contributed by atoms with Crippen LogP contribution in [0.4, 0.5) is 26.3 Å². The van der Waals surface area contributed by atoms with Crippen LogP contribution in [0.3, 0.4) is 0 Å². The van der Waals surface area contributed by atoms with Crippen LogP contribution < -0.4 is 0 Å². The van der Waals surface area contributed by atoms with Crippen LogP contribution in [0.2, 0.25) is 0 Å². The third kappa shape index (κ3) is 7.75. The predicted molar refractivity (Wildman–Crippen MR) is 43.5 cm³/mol. The highest BCUT2D eigenvalue weighted by atomic mass is 19.3. The number of alkyl halides is 6. The summed E-state index contributed by atoms with van der Waals surface area (Å²) in [5, 5.41) is 0. The SMILES string of the molecule is FCC(F)(F)COCCOCC(F)(F)CF. The lowest BCUT2D eigenvalue weighted by Crippen LogP contribution is -2.29. The highest BCUT2D eigenvalue weighted by Crippen LogP contribution is 2.15. The molecule has 0 amide bonds. The molecule has 0 atom stereocenters. The molecule has 0 rings (SSSR count). The van der Waals surface area contributed by atoms with Gasteiger partial charge in [-0.25, -0.2) is 26.3 Å². The van der Waals surface area contributed by atoms with Crippen LogP contribution in [0, 0.1) is 0 Å². The summed E-state index contributed by atoms with van der Waals surface area (Å²) >= 11 is 0. The fourth-order valence-electron chi connectivity index (χ4n) is 0.638. The monoisotopic (exact) mass is 254 g/mol. The van der Waals surface area contributed by atoms with E-state index in [0.29, 0.717) is 0 Å². The molecular formula is C8H12F6O2. The van der Waals surface area contributed by atoms with Gasteiger partial charge in [-0.2, -0.15) is 0 Å². The van der Waals surface area contributed by atoms with E-state index in [0.717, 1.165) is 0 Å². The Bertz CT molecular complexity index is 167. The number of ether oxygens (including phenoxy) is 2. The first-order valence-corrected chi connectivity index (χ1v) is 4.36. The van der Waals surface area contributed by atoms with Gasteiger partial charge in [-0.05, 0) is 0 Å². The fraction of sp³-hybridized carbons (Fsp3) is 1.00. The van der Waals surface area contributed by atoms with Crippen LogP contribution in [0.1, 0.15) is 0 Å². The Kier molecular flexibility index (Phi) is 6.73. The van der Waals surface area contributed by atoms with Crippen molar-refractivity contribution < 1.29 is 35.8 Å². The average Bonchev–Trinajstić information content (AvgIpc) is 2.23. The number of hydrogen-bond acceptors (Lipinski definition) is 2. The maximum atomic E-state index is 12.2. The lowest BCUT2D eigenvalue weighted by molar-refractivity contribution is -0.116. The van der Waals surface area contributed by atoms with Gasteiger partial charge in [0.25, 0.3) is 11.8 Å². The molecule has 0 saturated heterocycles. The third-order valence-electron chi connectivity index (χ3n) is 1.39. The van der Waals surface area contributed by atoms with Crippen LogP contribution in [-0.2, 0) is 9.47 Å². The van der Waals surface area contributed by atoms with Gasteiger partial charge < -0.3 is 9.47 Å². The van der Waals surface area contributed by atoms with E-state index in [2.05, 4.69) is 9.47 Å². The summed E-state index contributed by atoms with van der Waals surface area (Å²) in [5.41, 5.74) is 0. The maximum absolute atomic E-state index is 12.2. The predicted octanol–water partition coefficient (Wildman–Crippen LogP) is 2.23. The first-order valence-electron chi connectivity index (χ1n) is 4.36. The average molecular weight is 254 g/mol. The quantitative estimate of drug-likeness (QED) is 0.464. The lowest BCUT2D eigenvalue weighted by Gasteiger charge is -2.14. The molecule has 0 aromatic heterocycles. The molecule has 0 aliphatic carbocycles. The summed E-state index contributed by atoms with van der Waals surface area (Å²) in [6.45, 7) is -6.78. The van der Waals surface area contributed by atoms with Crippen molar-refractivity contribution in [2.24, 2.45) is 0 Å². The Hall–Kier alpha value is -0.500. The van der Waals surface area contributed by atoms with E-state index < -0.39 is 51.6 Å². The molecule has 0 aromatic rings. The van der Waals surface area contributed by atoms with Gasteiger partial charge in [0.1, 0.15) is 13.2 Å². The maximum Gasteiger partial charge on any atom is 0.298 e. The van der Waals surface area contributed by atoms with Crippen molar-refractivity contribution in [3.63, 3.8) is 0 Å². The van der Waals surface area contributed by atoms with Crippen molar-refractivity contribution in [1.29, 1.82) is 0 Å². The van der Waals surface area contributed by atoms with E-state index >= 15 is 0 Å². The smallest absolute Gasteiger partial charge is 0.298 e. The van der Waals surface area contributed by atoms with Gasteiger partial charge in [-0.1, -0.05) is 0 Å². The van der Waals surface area contributed by atoms with Gasteiger partial charge in [0.05, 0.1) is 13.2 Å². The van der Waals surface area contributed by atoms with E-state index in [1.165, 1.54) is 0 Å². The Balaban J connectivity index is 3.42. The van der Waals surface area contributed by atoms with Gasteiger partial charge in [0, 0.05) is 0 Å².